The van der Waals surface area contributed by atoms with Crippen LogP contribution in [-0.4, -0.2) is 25.6 Å². The molecule has 2 aromatic rings. The number of hydrogen-bond donors (Lipinski definition) is 2. The summed E-state index contributed by atoms with van der Waals surface area (Å²) in [6.45, 7) is 0.732. The minimum absolute atomic E-state index is 0.732. The van der Waals surface area contributed by atoms with Gasteiger partial charge in [0.05, 0.1) is 0 Å². The van der Waals surface area contributed by atoms with Gasteiger partial charge in [-0.3, -0.25) is 0 Å². The van der Waals surface area contributed by atoms with Crippen molar-refractivity contribution in [1.29, 1.82) is 0 Å². The second-order valence-corrected chi connectivity index (χ2v) is 5.34. The number of halogens is 1. The number of anilines is 1. The van der Waals surface area contributed by atoms with Crippen molar-refractivity contribution < 1.29 is 0 Å². The Hall–Kier alpha value is -1.00. The molecule has 17 heavy (non-hydrogen) atoms. The van der Waals surface area contributed by atoms with Crippen LogP contribution in [0.2, 0.25) is 0 Å². The van der Waals surface area contributed by atoms with Crippen LogP contribution >= 0.6 is 15.9 Å². The number of nitrogens with zero attached hydrogens (tertiary/aromatic N) is 1. The third-order valence-electron chi connectivity index (χ3n) is 2.92. The molecule has 0 saturated carbocycles. The molecule has 1 aromatic heterocycles. The number of aromatic amines is 1. The van der Waals surface area contributed by atoms with E-state index in [2.05, 4.69) is 58.1 Å². The molecule has 0 saturated heterocycles. The molecule has 3 nitrogen and oxygen atoms in total. The monoisotopic (exact) mass is 295 g/mol. The van der Waals surface area contributed by atoms with Gasteiger partial charge in [0, 0.05) is 35.0 Å². The lowest BCUT2D eigenvalue weighted by molar-refractivity contribution is 0.833. The minimum atomic E-state index is 0.732. The smallest absolute Gasteiger partial charge is 0.109 e. The zero-order chi connectivity index (χ0) is 12.4. The van der Waals surface area contributed by atoms with Gasteiger partial charge in [0.1, 0.15) is 5.82 Å². The molecular weight excluding hydrogens is 278 g/mol. The van der Waals surface area contributed by atoms with Gasteiger partial charge in [-0.1, -0.05) is 22.0 Å². The molecule has 0 radical (unpaired) electrons. The SMILES string of the molecule is CN(C)c1[nH]c2cc(Br)ccc2c1CCCN. The van der Waals surface area contributed by atoms with E-state index < -0.39 is 0 Å². The first-order valence-corrected chi connectivity index (χ1v) is 6.60. The predicted octanol–water partition coefficient (Wildman–Crippen LogP) is 2.89. The standard InChI is InChI=1S/C13H18BrN3/c1-17(2)13-11(4-3-7-15)10-6-5-9(14)8-12(10)16-13/h5-6,8,16H,3-4,7,15H2,1-2H3. The summed E-state index contributed by atoms with van der Waals surface area (Å²) in [4.78, 5) is 5.59. The van der Waals surface area contributed by atoms with Crippen LogP contribution in [0.3, 0.4) is 0 Å². The van der Waals surface area contributed by atoms with E-state index in [0.717, 1.165) is 23.9 Å². The maximum absolute atomic E-state index is 5.61. The van der Waals surface area contributed by atoms with Crippen molar-refractivity contribution in [1.82, 2.24) is 4.98 Å². The minimum Gasteiger partial charge on any atom is -0.364 e. The normalized spacial score (nSPS) is 11.1. The summed E-state index contributed by atoms with van der Waals surface area (Å²) in [7, 11) is 4.12. The van der Waals surface area contributed by atoms with E-state index in [1.165, 1.54) is 22.3 Å². The fraction of sp³-hybridized carbons (Fsp3) is 0.385. The number of aromatic nitrogens is 1. The molecule has 0 aliphatic rings. The predicted molar refractivity (Wildman–Crippen MR) is 77.7 cm³/mol. The maximum Gasteiger partial charge on any atom is 0.109 e. The van der Waals surface area contributed by atoms with Crippen LogP contribution < -0.4 is 10.6 Å². The highest BCUT2D eigenvalue weighted by Gasteiger charge is 2.12. The van der Waals surface area contributed by atoms with Gasteiger partial charge < -0.3 is 15.6 Å². The number of benzene rings is 1. The average molecular weight is 296 g/mol. The fourth-order valence-corrected chi connectivity index (χ4v) is 2.49. The van der Waals surface area contributed by atoms with Crippen LogP contribution in [0.1, 0.15) is 12.0 Å². The molecule has 92 valence electrons. The molecule has 0 atom stereocenters. The molecule has 0 amide bonds. The van der Waals surface area contributed by atoms with Crippen LogP contribution in [0.5, 0.6) is 0 Å². The Morgan fingerprint density at radius 3 is 2.76 bits per heavy atom. The Morgan fingerprint density at radius 2 is 2.12 bits per heavy atom. The number of hydrogen-bond acceptors (Lipinski definition) is 2. The summed E-state index contributed by atoms with van der Waals surface area (Å²) in [5.41, 5.74) is 8.15. The molecular formula is C13H18BrN3. The zero-order valence-electron chi connectivity index (χ0n) is 10.3. The zero-order valence-corrected chi connectivity index (χ0v) is 11.8. The highest BCUT2D eigenvalue weighted by atomic mass is 79.9. The highest BCUT2D eigenvalue weighted by molar-refractivity contribution is 9.10. The van der Waals surface area contributed by atoms with E-state index in [1.54, 1.807) is 0 Å². The first kappa shape index (κ1) is 12.5. The maximum atomic E-state index is 5.61. The summed E-state index contributed by atoms with van der Waals surface area (Å²) < 4.78 is 1.10. The highest BCUT2D eigenvalue weighted by Crippen LogP contribution is 2.30. The Labute approximate surface area is 110 Å². The molecule has 2 rings (SSSR count). The van der Waals surface area contributed by atoms with Gasteiger partial charge in [-0.05, 0) is 31.5 Å². The van der Waals surface area contributed by atoms with Gasteiger partial charge in [0.15, 0.2) is 0 Å². The number of aryl methyl sites for hydroxylation is 1. The second-order valence-electron chi connectivity index (χ2n) is 4.43. The van der Waals surface area contributed by atoms with E-state index in [4.69, 9.17) is 5.73 Å². The molecule has 0 bridgehead atoms. The summed E-state index contributed by atoms with van der Waals surface area (Å²) in [5, 5.41) is 1.30. The van der Waals surface area contributed by atoms with E-state index in [-0.39, 0.29) is 0 Å². The van der Waals surface area contributed by atoms with Gasteiger partial charge in [-0.25, -0.2) is 0 Å². The Balaban J connectivity index is 2.54. The number of fused-ring (bicyclic) bond motifs is 1. The topological polar surface area (TPSA) is 45.0 Å². The summed E-state index contributed by atoms with van der Waals surface area (Å²) in [5.74, 6) is 1.19. The Morgan fingerprint density at radius 1 is 1.35 bits per heavy atom. The largest absolute Gasteiger partial charge is 0.364 e. The van der Waals surface area contributed by atoms with Gasteiger partial charge in [0.2, 0.25) is 0 Å². The summed E-state index contributed by atoms with van der Waals surface area (Å²) in [6, 6.07) is 6.37. The van der Waals surface area contributed by atoms with Crippen molar-refractivity contribution in [3.63, 3.8) is 0 Å². The molecule has 0 spiro atoms. The van der Waals surface area contributed by atoms with Crippen LogP contribution in [0.25, 0.3) is 10.9 Å². The van der Waals surface area contributed by atoms with E-state index in [1.807, 2.05) is 0 Å². The first-order valence-electron chi connectivity index (χ1n) is 5.81. The van der Waals surface area contributed by atoms with Crippen LogP contribution in [0.15, 0.2) is 22.7 Å². The second kappa shape index (κ2) is 5.10. The molecule has 1 heterocycles. The van der Waals surface area contributed by atoms with Crippen LogP contribution in [0.4, 0.5) is 5.82 Å². The van der Waals surface area contributed by atoms with E-state index in [0.29, 0.717) is 0 Å². The number of nitrogens with one attached hydrogen (secondary N) is 1. The van der Waals surface area contributed by atoms with Crippen molar-refractivity contribution in [3.8, 4) is 0 Å². The van der Waals surface area contributed by atoms with E-state index >= 15 is 0 Å². The number of nitrogens with two attached hydrogens (primary N) is 1. The lowest BCUT2D eigenvalue weighted by atomic mass is 10.1. The first-order chi connectivity index (χ1) is 8.13. The average Bonchev–Trinajstić information content (AvgIpc) is 2.64. The Kier molecular flexibility index (Phi) is 3.74. The molecule has 0 fully saturated rings. The molecule has 3 N–H and O–H groups in total. The van der Waals surface area contributed by atoms with Crippen LogP contribution in [-0.2, 0) is 6.42 Å². The lowest BCUT2D eigenvalue weighted by Gasteiger charge is -2.12. The third-order valence-corrected chi connectivity index (χ3v) is 3.42. The summed E-state index contributed by atoms with van der Waals surface area (Å²) in [6.07, 6.45) is 2.04. The van der Waals surface area contributed by atoms with Gasteiger partial charge in [-0.2, -0.15) is 0 Å². The third kappa shape index (κ3) is 2.48. The lowest BCUT2D eigenvalue weighted by Crippen LogP contribution is -2.11. The molecule has 1 aromatic carbocycles. The molecule has 0 unspecified atom stereocenters. The number of H-pyrrole nitrogens is 1. The van der Waals surface area contributed by atoms with Crippen molar-refractivity contribution >= 4 is 32.7 Å². The fourth-order valence-electron chi connectivity index (χ4n) is 2.13. The van der Waals surface area contributed by atoms with Gasteiger partial charge >= 0.3 is 0 Å². The van der Waals surface area contributed by atoms with Crippen molar-refractivity contribution in [2.45, 2.75) is 12.8 Å². The van der Waals surface area contributed by atoms with Gasteiger partial charge in [-0.15, -0.1) is 0 Å². The molecule has 0 aliphatic heterocycles. The van der Waals surface area contributed by atoms with Crippen molar-refractivity contribution in [2.24, 2.45) is 5.73 Å². The van der Waals surface area contributed by atoms with E-state index in [9.17, 15) is 0 Å². The van der Waals surface area contributed by atoms with Crippen molar-refractivity contribution in [2.75, 3.05) is 25.5 Å². The number of rotatable bonds is 4. The van der Waals surface area contributed by atoms with Gasteiger partial charge in [0.25, 0.3) is 0 Å². The molecule has 4 heteroatoms. The van der Waals surface area contributed by atoms with Crippen molar-refractivity contribution in [3.05, 3.63) is 28.2 Å². The Bertz CT molecular complexity index is 517. The quantitative estimate of drug-likeness (QED) is 0.911. The summed E-state index contributed by atoms with van der Waals surface area (Å²) >= 11 is 3.50. The van der Waals surface area contributed by atoms with Crippen LogP contribution in [0, 0.1) is 0 Å². The molecule has 0 aliphatic carbocycles.